The molecule has 17 heavy (non-hydrogen) atoms. The third-order valence-electron chi connectivity index (χ3n) is 1.96. The lowest BCUT2D eigenvalue weighted by Crippen LogP contribution is -2.10. The number of rotatable bonds is 5. The summed E-state index contributed by atoms with van der Waals surface area (Å²) >= 11 is 4.84. The van der Waals surface area contributed by atoms with Crippen molar-refractivity contribution in [3.63, 3.8) is 0 Å². The first kappa shape index (κ1) is 13.3. The molecule has 0 saturated carbocycles. The fourth-order valence-electron chi connectivity index (χ4n) is 1.09. The van der Waals surface area contributed by atoms with Crippen LogP contribution < -0.4 is 0 Å². The van der Waals surface area contributed by atoms with Crippen LogP contribution >= 0.6 is 11.9 Å². The Hall–Kier alpha value is -1.81. The zero-order valence-corrected chi connectivity index (χ0v) is 9.77. The molecule has 0 aliphatic rings. The van der Waals surface area contributed by atoms with E-state index in [2.05, 4.69) is 10.9 Å². The molecule has 4 nitrogen and oxygen atoms in total. The van der Waals surface area contributed by atoms with Crippen molar-refractivity contribution in [2.24, 2.45) is 0 Å². The smallest absolute Gasteiger partial charge is 0.352 e. The van der Waals surface area contributed by atoms with Gasteiger partial charge in [-0.2, -0.15) is 0 Å². The van der Waals surface area contributed by atoms with E-state index in [9.17, 15) is 9.59 Å². The van der Waals surface area contributed by atoms with E-state index in [1.807, 2.05) is 30.3 Å². The van der Waals surface area contributed by atoms with Crippen LogP contribution in [-0.4, -0.2) is 11.9 Å². The van der Waals surface area contributed by atoms with E-state index in [4.69, 9.17) is 16.6 Å². The second kappa shape index (κ2) is 6.70. The Morgan fingerprint density at radius 3 is 2.47 bits per heavy atom. The Balaban J connectivity index is 2.36. The van der Waals surface area contributed by atoms with Gasteiger partial charge in [0.05, 0.1) is 6.42 Å². The highest BCUT2D eigenvalue weighted by molar-refractivity contribution is 6.16. The topological polar surface area (TPSA) is 52.6 Å². The molecule has 0 aliphatic carbocycles. The summed E-state index contributed by atoms with van der Waals surface area (Å²) in [6.07, 6.45) is -0.238. The fourth-order valence-corrected chi connectivity index (χ4v) is 1.20. The standard InChI is InChI=1S/C12H11ClO4/c1-9(12(15)17-13)7-11(14)16-8-10-5-3-2-4-6-10/h2-6H,1,7-8H2. The van der Waals surface area contributed by atoms with Crippen LogP contribution in [0, 0.1) is 0 Å². The number of hydrogen-bond acceptors (Lipinski definition) is 4. The molecule has 0 spiro atoms. The molecular weight excluding hydrogens is 244 g/mol. The average molecular weight is 255 g/mol. The normalized spacial score (nSPS) is 9.47. The van der Waals surface area contributed by atoms with E-state index < -0.39 is 11.9 Å². The van der Waals surface area contributed by atoms with Crippen molar-refractivity contribution in [2.45, 2.75) is 13.0 Å². The molecule has 1 aromatic carbocycles. The Labute approximate surface area is 104 Å². The summed E-state index contributed by atoms with van der Waals surface area (Å²) in [5.41, 5.74) is 0.824. The summed E-state index contributed by atoms with van der Waals surface area (Å²) in [7, 11) is 0. The van der Waals surface area contributed by atoms with Gasteiger partial charge in [0.15, 0.2) is 0 Å². The van der Waals surface area contributed by atoms with Gasteiger partial charge in [-0.1, -0.05) is 36.9 Å². The second-order valence-corrected chi connectivity index (χ2v) is 3.45. The van der Waals surface area contributed by atoms with E-state index in [-0.39, 0.29) is 18.6 Å². The number of esters is 1. The maximum Gasteiger partial charge on any atom is 0.352 e. The summed E-state index contributed by atoms with van der Waals surface area (Å²) in [6.45, 7) is 3.52. The maximum atomic E-state index is 11.3. The number of carbonyl (C=O) groups is 2. The van der Waals surface area contributed by atoms with Crippen molar-refractivity contribution in [1.29, 1.82) is 0 Å². The van der Waals surface area contributed by atoms with E-state index >= 15 is 0 Å². The molecule has 1 rings (SSSR count). The van der Waals surface area contributed by atoms with Crippen molar-refractivity contribution in [2.75, 3.05) is 0 Å². The summed E-state index contributed by atoms with van der Waals surface area (Å²) in [5, 5.41) is 0. The van der Waals surface area contributed by atoms with Crippen LogP contribution in [0.2, 0.25) is 0 Å². The fraction of sp³-hybridized carbons (Fsp3) is 0.167. The molecule has 0 heterocycles. The summed E-state index contributed by atoms with van der Waals surface area (Å²) in [5.74, 6) is -1.38. The number of ether oxygens (including phenoxy) is 1. The molecule has 90 valence electrons. The van der Waals surface area contributed by atoms with Crippen LogP contribution in [-0.2, 0) is 25.2 Å². The van der Waals surface area contributed by atoms with E-state index in [0.29, 0.717) is 0 Å². The number of carbonyl (C=O) groups excluding carboxylic acids is 2. The van der Waals surface area contributed by atoms with E-state index in [1.165, 1.54) is 0 Å². The van der Waals surface area contributed by atoms with Crippen LogP contribution in [0.15, 0.2) is 42.5 Å². The molecule has 0 saturated heterocycles. The summed E-state index contributed by atoms with van der Waals surface area (Å²) < 4.78 is 8.84. The maximum absolute atomic E-state index is 11.3. The highest BCUT2D eigenvalue weighted by Crippen LogP contribution is 2.06. The molecule has 5 heteroatoms. The minimum atomic E-state index is -0.830. The monoisotopic (exact) mass is 254 g/mol. The van der Waals surface area contributed by atoms with Gasteiger partial charge in [0.25, 0.3) is 0 Å². The van der Waals surface area contributed by atoms with Crippen LogP contribution in [0.4, 0.5) is 0 Å². The lowest BCUT2D eigenvalue weighted by molar-refractivity contribution is -0.145. The molecule has 0 unspecified atom stereocenters. The van der Waals surface area contributed by atoms with Gasteiger partial charge in [0.1, 0.15) is 18.5 Å². The van der Waals surface area contributed by atoms with Crippen molar-refractivity contribution in [1.82, 2.24) is 0 Å². The minimum Gasteiger partial charge on any atom is -0.461 e. The van der Waals surface area contributed by atoms with Crippen LogP contribution in [0.3, 0.4) is 0 Å². The zero-order valence-electron chi connectivity index (χ0n) is 9.02. The minimum absolute atomic E-state index is 0.0435. The molecular formula is C12H11ClO4. The van der Waals surface area contributed by atoms with E-state index in [0.717, 1.165) is 5.56 Å². The number of halogens is 1. The Morgan fingerprint density at radius 1 is 1.24 bits per heavy atom. The molecule has 0 aromatic heterocycles. The summed E-state index contributed by atoms with van der Waals surface area (Å²) in [4.78, 5) is 22.2. The van der Waals surface area contributed by atoms with Gasteiger partial charge >= 0.3 is 11.9 Å². The predicted molar refractivity (Wildman–Crippen MR) is 61.9 cm³/mol. The molecule has 0 fully saturated rings. The van der Waals surface area contributed by atoms with Gasteiger partial charge in [0, 0.05) is 5.57 Å². The molecule has 0 N–H and O–H groups in total. The quantitative estimate of drug-likeness (QED) is 0.598. The van der Waals surface area contributed by atoms with Crippen molar-refractivity contribution < 1.29 is 18.6 Å². The molecule has 0 bridgehead atoms. The Kier molecular flexibility index (Phi) is 5.23. The predicted octanol–water partition coefficient (Wildman–Crippen LogP) is 2.37. The van der Waals surface area contributed by atoms with Crippen molar-refractivity contribution in [3.05, 3.63) is 48.0 Å². The first-order valence-electron chi connectivity index (χ1n) is 4.83. The van der Waals surface area contributed by atoms with Crippen molar-refractivity contribution >= 4 is 23.8 Å². The molecule has 0 atom stereocenters. The largest absolute Gasteiger partial charge is 0.461 e. The van der Waals surface area contributed by atoms with Gasteiger partial charge in [-0.05, 0) is 5.56 Å². The molecule has 0 aliphatic heterocycles. The van der Waals surface area contributed by atoms with Gasteiger partial charge in [-0.3, -0.25) is 4.79 Å². The third-order valence-corrected chi connectivity index (χ3v) is 2.10. The third kappa shape index (κ3) is 4.70. The van der Waals surface area contributed by atoms with Crippen LogP contribution in [0.5, 0.6) is 0 Å². The first-order chi connectivity index (χ1) is 8.13. The molecule has 0 radical (unpaired) electrons. The van der Waals surface area contributed by atoms with E-state index in [1.54, 1.807) is 0 Å². The first-order valence-corrected chi connectivity index (χ1v) is 5.14. The highest BCUT2D eigenvalue weighted by atomic mass is 35.5. The molecule has 1 aromatic rings. The second-order valence-electron chi connectivity index (χ2n) is 3.29. The lowest BCUT2D eigenvalue weighted by Gasteiger charge is -2.05. The average Bonchev–Trinajstić information content (AvgIpc) is 2.36. The molecule has 0 amide bonds. The van der Waals surface area contributed by atoms with Gasteiger partial charge in [-0.25, -0.2) is 4.79 Å². The van der Waals surface area contributed by atoms with Gasteiger partial charge in [-0.15, -0.1) is 0 Å². The summed E-state index contributed by atoms with van der Waals surface area (Å²) in [6, 6.07) is 9.20. The highest BCUT2D eigenvalue weighted by Gasteiger charge is 2.13. The van der Waals surface area contributed by atoms with Crippen LogP contribution in [0.1, 0.15) is 12.0 Å². The zero-order chi connectivity index (χ0) is 12.7. The lowest BCUT2D eigenvalue weighted by atomic mass is 10.2. The number of hydrogen-bond donors (Lipinski definition) is 0. The SMILES string of the molecule is C=C(CC(=O)OCc1ccccc1)C(=O)OCl. The Morgan fingerprint density at radius 2 is 1.88 bits per heavy atom. The van der Waals surface area contributed by atoms with Gasteiger partial charge < -0.3 is 9.03 Å². The van der Waals surface area contributed by atoms with Gasteiger partial charge in [0.2, 0.25) is 0 Å². The number of benzene rings is 1. The Bertz CT molecular complexity index is 414. The van der Waals surface area contributed by atoms with Crippen molar-refractivity contribution in [3.8, 4) is 0 Å². The van der Waals surface area contributed by atoms with Crippen LogP contribution in [0.25, 0.3) is 0 Å².